The summed E-state index contributed by atoms with van der Waals surface area (Å²) >= 11 is 1.18. The fourth-order valence-corrected chi connectivity index (χ4v) is 3.16. The zero-order valence-electron chi connectivity index (χ0n) is 11.3. The van der Waals surface area contributed by atoms with Gasteiger partial charge in [-0.1, -0.05) is 23.9 Å². The molecule has 20 heavy (non-hydrogen) atoms. The third-order valence-electron chi connectivity index (χ3n) is 3.49. The van der Waals surface area contributed by atoms with Crippen molar-refractivity contribution in [3.8, 4) is 0 Å². The minimum atomic E-state index is -0.00667. The maximum Gasteiger partial charge on any atom is 0.271 e. The number of nitrogen functional groups attached to an aromatic ring is 1. The highest BCUT2D eigenvalue weighted by atomic mass is 32.1. The van der Waals surface area contributed by atoms with Gasteiger partial charge in [-0.2, -0.15) is 0 Å². The van der Waals surface area contributed by atoms with Crippen LogP contribution in [0.2, 0.25) is 0 Å². The molecule has 1 aromatic heterocycles. The van der Waals surface area contributed by atoms with E-state index in [0.29, 0.717) is 17.1 Å². The van der Waals surface area contributed by atoms with Crippen LogP contribution in [0.3, 0.4) is 0 Å². The highest BCUT2D eigenvalue weighted by Crippen LogP contribution is 2.32. The molecule has 0 aliphatic carbocycles. The molecule has 104 valence electrons. The van der Waals surface area contributed by atoms with Crippen molar-refractivity contribution < 1.29 is 4.79 Å². The maximum absolute atomic E-state index is 12.7. The molecule has 5 nitrogen and oxygen atoms in total. The first-order valence-corrected chi connectivity index (χ1v) is 7.49. The summed E-state index contributed by atoms with van der Waals surface area (Å²) in [6.45, 7) is 2.76. The topological polar surface area (TPSA) is 72.1 Å². The first-order valence-electron chi connectivity index (χ1n) is 6.72. The first-order chi connectivity index (χ1) is 9.70. The van der Waals surface area contributed by atoms with Gasteiger partial charge in [0, 0.05) is 17.9 Å². The molecule has 0 spiro atoms. The number of carbonyl (C=O) groups excluding carboxylic acids is 1. The van der Waals surface area contributed by atoms with Crippen molar-refractivity contribution in [3.63, 3.8) is 0 Å². The molecule has 0 radical (unpaired) electrons. The Morgan fingerprint density at radius 2 is 2.35 bits per heavy atom. The van der Waals surface area contributed by atoms with E-state index in [0.717, 1.165) is 30.6 Å². The molecule has 2 heterocycles. The van der Waals surface area contributed by atoms with E-state index in [2.05, 4.69) is 16.5 Å². The van der Waals surface area contributed by atoms with Crippen LogP contribution >= 0.6 is 11.5 Å². The lowest BCUT2D eigenvalue weighted by atomic mass is 10.1. The summed E-state index contributed by atoms with van der Waals surface area (Å²) in [7, 11) is 0. The predicted molar refractivity (Wildman–Crippen MR) is 80.1 cm³/mol. The standard InChI is InChI=1S/C14H16N4OS/c1-2-3-11-13(20-17-16-11)14(19)18-7-6-9-4-5-10(15)8-12(9)18/h4-5,8H,2-3,6-7,15H2,1H3. The average molecular weight is 288 g/mol. The minimum Gasteiger partial charge on any atom is -0.399 e. The van der Waals surface area contributed by atoms with Crippen molar-refractivity contribution in [1.29, 1.82) is 0 Å². The number of nitrogens with zero attached hydrogens (tertiary/aromatic N) is 3. The van der Waals surface area contributed by atoms with Gasteiger partial charge < -0.3 is 10.6 Å². The molecule has 2 aromatic rings. The minimum absolute atomic E-state index is 0.00667. The highest BCUT2D eigenvalue weighted by Gasteiger charge is 2.28. The van der Waals surface area contributed by atoms with Gasteiger partial charge in [0.15, 0.2) is 0 Å². The van der Waals surface area contributed by atoms with Crippen LogP contribution in [0.15, 0.2) is 18.2 Å². The number of anilines is 2. The molecular formula is C14H16N4OS. The lowest BCUT2D eigenvalue weighted by molar-refractivity contribution is 0.0992. The molecule has 0 saturated carbocycles. The van der Waals surface area contributed by atoms with Crippen molar-refractivity contribution in [2.45, 2.75) is 26.2 Å². The molecule has 0 saturated heterocycles. The third kappa shape index (κ3) is 2.16. The van der Waals surface area contributed by atoms with Crippen molar-refractivity contribution in [2.24, 2.45) is 0 Å². The fraction of sp³-hybridized carbons (Fsp3) is 0.357. The van der Waals surface area contributed by atoms with E-state index in [1.807, 2.05) is 18.2 Å². The zero-order chi connectivity index (χ0) is 14.1. The Hall–Kier alpha value is -1.95. The molecule has 1 aliphatic rings. The van der Waals surface area contributed by atoms with E-state index < -0.39 is 0 Å². The molecule has 6 heteroatoms. The number of fused-ring (bicyclic) bond motifs is 1. The SMILES string of the molecule is CCCc1nnsc1C(=O)N1CCc2ccc(N)cc21. The van der Waals surface area contributed by atoms with Crippen LogP contribution < -0.4 is 10.6 Å². The Morgan fingerprint density at radius 3 is 3.15 bits per heavy atom. The molecule has 0 bridgehead atoms. The van der Waals surface area contributed by atoms with Gasteiger partial charge in [-0.15, -0.1) is 5.10 Å². The Balaban J connectivity index is 1.93. The van der Waals surface area contributed by atoms with Crippen molar-refractivity contribution >= 4 is 28.8 Å². The Bertz CT molecular complexity index is 652. The van der Waals surface area contributed by atoms with E-state index in [1.54, 1.807) is 4.90 Å². The van der Waals surface area contributed by atoms with Gasteiger partial charge in [0.25, 0.3) is 5.91 Å². The number of aromatic nitrogens is 2. The van der Waals surface area contributed by atoms with Crippen LogP contribution in [0.25, 0.3) is 0 Å². The number of amides is 1. The number of carbonyl (C=O) groups is 1. The first kappa shape index (κ1) is 13.1. The third-order valence-corrected chi connectivity index (χ3v) is 4.24. The van der Waals surface area contributed by atoms with E-state index in [-0.39, 0.29) is 5.91 Å². The second-order valence-electron chi connectivity index (χ2n) is 4.89. The van der Waals surface area contributed by atoms with Crippen molar-refractivity contribution in [3.05, 3.63) is 34.3 Å². The summed E-state index contributed by atoms with van der Waals surface area (Å²) in [5.74, 6) is -0.00667. The molecular weight excluding hydrogens is 272 g/mol. The van der Waals surface area contributed by atoms with Gasteiger partial charge in [-0.25, -0.2) is 0 Å². The number of benzene rings is 1. The second-order valence-corrected chi connectivity index (χ2v) is 5.65. The van der Waals surface area contributed by atoms with Gasteiger partial charge >= 0.3 is 0 Å². The van der Waals surface area contributed by atoms with Crippen LogP contribution in [0.5, 0.6) is 0 Å². The van der Waals surface area contributed by atoms with Crippen molar-refractivity contribution in [1.82, 2.24) is 9.59 Å². The number of rotatable bonds is 3. The Morgan fingerprint density at radius 1 is 1.50 bits per heavy atom. The zero-order valence-corrected chi connectivity index (χ0v) is 12.1. The summed E-state index contributed by atoms with van der Waals surface area (Å²) in [6, 6.07) is 5.74. The lowest BCUT2D eigenvalue weighted by Gasteiger charge is -2.17. The predicted octanol–water partition coefficient (Wildman–Crippen LogP) is 2.28. The molecule has 0 fully saturated rings. The molecule has 1 aromatic carbocycles. The number of aryl methyl sites for hydroxylation is 1. The second kappa shape index (κ2) is 5.20. The van der Waals surface area contributed by atoms with Crippen LogP contribution in [-0.2, 0) is 12.8 Å². The van der Waals surface area contributed by atoms with Crippen molar-refractivity contribution in [2.75, 3.05) is 17.2 Å². The normalized spacial score (nSPS) is 13.6. The van der Waals surface area contributed by atoms with Gasteiger partial charge in [0.2, 0.25) is 0 Å². The summed E-state index contributed by atoms with van der Waals surface area (Å²) in [4.78, 5) is 15.1. The van der Waals surface area contributed by atoms with E-state index in [9.17, 15) is 4.79 Å². The smallest absolute Gasteiger partial charge is 0.271 e. The number of hydrogen-bond donors (Lipinski definition) is 1. The Kier molecular flexibility index (Phi) is 3.40. The number of nitrogens with two attached hydrogens (primary N) is 1. The Labute approximate surface area is 121 Å². The van der Waals surface area contributed by atoms with Gasteiger partial charge in [-0.3, -0.25) is 4.79 Å². The summed E-state index contributed by atoms with van der Waals surface area (Å²) in [6.07, 6.45) is 2.61. The lowest BCUT2D eigenvalue weighted by Crippen LogP contribution is -2.29. The summed E-state index contributed by atoms with van der Waals surface area (Å²) in [5, 5.41) is 4.07. The fourth-order valence-electron chi connectivity index (χ4n) is 2.50. The summed E-state index contributed by atoms with van der Waals surface area (Å²) < 4.78 is 3.93. The van der Waals surface area contributed by atoms with Gasteiger partial charge in [0.1, 0.15) is 4.88 Å². The van der Waals surface area contributed by atoms with Gasteiger partial charge in [-0.05, 0) is 42.1 Å². The number of hydrogen-bond acceptors (Lipinski definition) is 5. The maximum atomic E-state index is 12.7. The molecule has 0 atom stereocenters. The monoisotopic (exact) mass is 288 g/mol. The average Bonchev–Trinajstić information content (AvgIpc) is 3.04. The van der Waals surface area contributed by atoms with Gasteiger partial charge in [0.05, 0.1) is 5.69 Å². The van der Waals surface area contributed by atoms with Crippen LogP contribution in [0.4, 0.5) is 11.4 Å². The summed E-state index contributed by atoms with van der Waals surface area (Å²) in [5.41, 5.74) is 9.41. The largest absolute Gasteiger partial charge is 0.399 e. The molecule has 2 N–H and O–H groups in total. The van der Waals surface area contributed by atoms with Crippen LogP contribution in [-0.4, -0.2) is 22.0 Å². The van der Waals surface area contributed by atoms with E-state index in [4.69, 9.17) is 5.73 Å². The molecule has 0 unspecified atom stereocenters. The quantitative estimate of drug-likeness (QED) is 0.879. The van der Waals surface area contributed by atoms with Crippen LogP contribution in [0.1, 0.15) is 34.3 Å². The molecule has 1 amide bonds. The van der Waals surface area contributed by atoms with Crippen LogP contribution in [0, 0.1) is 0 Å². The van der Waals surface area contributed by atoms with E-state index in [1.165, 1.54) is 17.1 Å². The molecule has 1 aliphatic heterocycles. The van der Waals surface area contributed by atoms with E-state index >= 15 is 0 Å². The highest BCUT2D eigenvalue weighted by molar-refractivity contribution is 7.08. The molecule has 3 rings (SSSR count).